The van der Waals surface area contributed by atoms with Crippen molar-refractivity contribution in [2.24, 2.45) is 0 Å². The fourth-order valence-electron chi connectivity index (χ4n) is 1.48. The van der Waals surface area contributed by atoms with Crippen LogP contribution in [0.1, 0.15) is 39.5 Å². The van der Waals surface area contributed by atoms with Gasteiger partial charge in [0.05, 0.1) is 0 Å². The van der Waals surface area contributed by atoms with Gasteiger partial charge < -0.3 is 4.90 Å². The predicted octanol–water partition coefficient (Wildman–Crippen LogP) is 2.79. The van der Waals surface area contributed by atoms with E-state index in [2.05, 4.69) is 24.9 Å². The minimum Gasteiger partial charge on any atom is -0.377 e. The van der Waals surface area contributed by atoms with E-state index in [1.165, 1.54) is 38.8 Å². The van der Waals surface area contributed by atoms with Crippen LogP contribution < -0.4 is 0 Å². The van der Waals surface area contributed by atoms with E-state index >= 15 is 0 Å². The molecule has 0 aromatic rings. The highest BCUT2D eigenvalue weighted by Gasteiger charge is 2.08. The lowest BCUT2D eigenvalue weighted by Crippen LogP contribution is -2.15. The van der Waals surface area contributed by atoms with Crippen LogP contribution in [0.25, 0.3) is 0 Å². The Morgan fingerprint density at radius 2 is 2.27 bits per heavy atom. The average Bonchev–Trinajstić information content (AvgIpc) is 2.48. The van der Waals surface area contributed by atoms with Gasteiger partial charge in [0.15, 0.2) is 0 Å². The van der Waals surface area contributed by atoms with Crippen molar-refractivity contribution in [1.82, 2.24) is 4.90 Å². The third-order valence-corrected chi connectivity index (χ3v) is 2.34. The van der Waals surface area contributed by atoms with Crippen LogP contribution in [-0.2, 0) is 0 Å². The summed E-state index contributed by atoms with van der Waals surface area (Å²) < 4.78 is 0. The molecule has 1 rings (SSSR count). The fourth-order valence-corrected chi connectivity index (χ4v) is 1.48. The number of hydrogen-bond acceptors (Lipinski definition) is 1. The van der Waals surface area contributed by atoms with Crippen LogP contribution in [0.15, 0.2) is 11.8 Å². The summed E-state index contributed by atoms with van der Waals surface area (Å²) in [4.78, 5) is 2.46. The molecule has 0 aromatic heterocycles. The van der Waals surface area contributed by atoms with Crippen LogP contribution in [0.4, 0.5) is 0 Å². The number of nitrogens with zero attached hydrogens (tertiary/aromatic N) is 1. The van der Waals surface area contributed by atoms with Crippen molar-refractivity contribution >= 4 is 0 Å². The van der Waals surface area contributed by atoms with Crippen LogP contribution in [-0.4, -0.2) is 18.0 Å². The first kappa shape index (κ1) is 8.63. The Hall–Kier alpha value is -0.460. The molecule has 0 atom stereocenters. The maximum Gasteiger partial charge on any atom is 0.0210 e. The zero-order valence-electron chi connectivity index (χ0n) is 7.77. The van der Waals surface area contributed by atoms with Gasteiger partial charge in [-0.3, -0.25) is 0 Å². The molecule has 0 saturated carbocycles. The molecule has 0 aromatic carbocycles. The summed E-state index contributed by atoms with van der Waals surface area (Å²) in [6.45, 7) is 7.03. The lowest BCUT2D eigenvalue weighted by atomic mass is 10.2. The van der Waals surface area contributed by atoms with Crippen molar-refractivity contribution in [1.29, 1.82) is 0 Å². The van der Waals surface area contributed by atoms with Crippen molar-refractivity contribution in [3.05, 3.63) is 11.8 Å². The predicted molar refractivity (Wildman–Crippen MR) is 49.5 cm³/mol. The second-order valence-corrected chi connectivity index (χ2v) is 3.28. The molecule has 0 saturated heterocycles. The van der Waals surface area contributed by atoms with Crippen molar-refractivity contribution in [2.75, 3.05) is 13.1 Å². The van der Waals surface area contributed by atoms with Gasteiger partial charge in [-0.05, 0) is 25.5 Å². The third-order valence-electron chi connectivity index (χ3n) is 2.34. The highest BCUT2D eigenvalue weighted by Crippen LogP contribution is 2.16. The van der Waals surface area contributed by atoms with Crippen LogP contribution >= 0.6 is 0 Å². The molecule has 1 aliphatic heterocycles. The highest BCUT2D eigenvalue weighted by molar-refractivity contribution is 5.06. The molecule has 11 heavy (non-hydrogen) atoms. The molecule has 1 heterocycles. The van der Waals surface area contributed by atoms with E-state index in [4.69, 9.17) is 0 Å². The third kappa shape index (κ3) is 2.57. The molecule has 0 amide bonds. The Bertz CT molecular complexity index is 138. The van der Waals surface area contributed by atoms with E-state index in [1.807, 2.05) is 0 Å². The van der Waals surface area contributed by atoms with Gasteiger partial charge >= 0.3 is 0 Å². The van der Waals surface area contributed by atoms with Crippen LogP contribution in [0.3, 0.4) is 0 Å². The Labute approximate surface area is 70.1 Å². The van der Waals surface area contributed by atoms with Gasteiger partial charge in [0, 0.05) is 13.1 Å². The van der Waals surface area contributed by atoms with Gasteiger partial charge in [0.25, 0.3) is 0 Å². The second kappa shape index (κ2) is 4.42. The first-order chi connectivity index (χ1) is 5.36. The molecule has 64 valence electrons. The molecule has 0 bridgehead atoms. The fraction of sp³-hybridized carbons (Fsp3) is 0.800. The summed E-state index contributed by atoms with van der Waals surface area (Å²) in [5.74, 6) is 0. The molecule has 0 unspecified atom stereocenters. The molecular weight excluding hydrogens is 134 g/mol. The minimum absolute atomic E-state index is 1.24. The van der Waals surface area contributed by atoms with E-state index in [9.17, 15) is 0 Å². The number of rotatable bonds is 4. The van der Waals surface area contributed by atoms with E-state index in [-0.39, 0.29) is 0 Å². The first-order valence-corrected chi connectivity index (χ1v) is 4.80. The molecule has 1 heteroatoms. The molecule has 0 radical (unpaired) electrons. The van der Waals surface area contributed by atoms with Crippen LogP contribution in [0.2, 0.25) is 0 Å². The quantitative estimate of drug-likeness (QED) is 0.600. The minimum atomic E-state index is 1.24. The maximum atomic E-state index is 2.46. The van der Waals surface area contributed by atoms with Crippen molar-refractivity contribution in [2.45, 2.75) is 39.5 Å². The summed E-state index contributed by atoms with van der Waals surface area (Å²) >= 11 is 0. The molecule has 0 aliphatic carbocycles. The van der Waals surface area contributed by atoms with E-state index in [1.54, 1.807) is 5.57 Å². The monoisotopic (exact) mass is 153 g/mol. The lowest BCUT2D eigenvalue weighted by Gasteiger charge is -2.13. The Morgan fingerprint density at radius 1 is 1.45 bits per heavy atom. The summed E-state index contributed by atoms with van der Waals surface area (Å²) in [5, 5.41) is 0. The Balaban J connectivity index is 2.22. The molecular formula is C10H19N. The smallest absolute Gasteiger partial charge is 0.0210 e. The number of hydrogen-bond donors (Lipinski definition) is 0. The Morgan fingerprint density at radius 3 is 2.82 bits per heavy atom. The number of unbranched alkanes of at least 4 members (excludes halogenated alkanes) is 1. The van der Waals surface area contributed by atoms with E-state index in [0.29, 0.717) is 0 Å². The van der Waals surface area contributed by atoms with Gasteiger partial charge in [0.1, 0.15) is 0 Å². The van der Waals surface area contributed by atoms with Crippen LogP contribution in [0, 0.1) is 0 Å². The van der Waals surface area contributed by atoms with E-state index < -0.39 is 0 Å². The average molecular weight is 153 g/mol. The van der Waals surface area contributed by atoms with E-state index in [0.717, 1.165) is 0 Å². The first-order valence-electron chi connectivity index (χ1n) is 4.80. The molecule has 1 aliphatic rings. The molecule has 1 nitrogen and oxygen atoms in total. The van der Waals surface area contributed by atoms with Gasteiger partial charge in [-0.2, -0.15) is 0 Å². The Kier molecular flexibility index (Phi) is 3.47. The maximum absolute atomic E-state index is 2.46. The molecule has 0 N–H and O–H groups in total. The van der Waals surface area contributed by atoms with Gasteiger partial charge in [-0.1, -0.05) is 25.8 Å². The molecule has 0 spiro atoms. The zero-order valence-corrected chi connectivity index (χ0v) is 7.77. The zero-order chi connectivity index (χ0) is 8.10. The van der Waals surface area contributed by atoms with Crippen molar-refractivity contribution < 1.29 is 0 Å². The standard InChI is InChI=1S/C10H19N/c1-3-5-7-11-8-6-10(4-2)9-11/h9H,3-8H2,1-2H3. The van der Waals surface area contributed by atoms with Gasteiger partial charge in [-0.25, -0.2) is 0 Å². The molecule has 0 fully saturated rings. The summed E-state index contributed by atoms with van der Waals surface area (Å²) in [6.07, 6.45) is 7.55. The largest absolute Gasteiger partial charge is 0.377 e. The normalized spacial score (nSPS) is 17.3. The van der Waals surface area contributed by atoms with Crippen molar-refractivity contribution in [3.63, 3.8) is 0 Å². The SMILES string of the molecule is CCCCN1C=C(CC)CC1. The topological polar surface area (TPSA) is 3.24 Å². The summed E-state index contributed by atoms with van der Waals surface area (Å²) in [5.41, 5.74) is 1.63. The summed E-state index contributed by atoms with van der Waals surface area (Å²) in [6, 6.07) is 0. The van der Waals surface area contributed by atoms with Gasteiger partial charge in [-0.15, -0.1) is 0 Å². The second-order valence-electron chi connectivity index (χ2n) is 3.28. The van der Waals surface area contributed by atoms with Crippen molar-refractivity contribution in [3.8, 4) is 0 Å². The lowest BCUT2D eigenvalue weighted by molar-refractivity contribution is 0.396. The van der Waals surface area contributed by atoms with Gasteiger partial charge in [0.2, 0.25) is 0 Å². The van der Waals surface area contributed by atoms with Crippen LogP contribution in [0.5, 0.6) is 0 Å². The summed E-state index contributed by atoms with van der Waals surface area (Å²) in [7, 11) is 0. The highest BCUT2D eigenvalue weighted by atomic mass is 15.1.